The number of piperazine rings is 1. The second kappa shape index (κ2) is 8.16. The van der Waals surface area contributed by atoms with E-state index >= 15 is 0 Å². The van der Waals surface area contributed by atoms with Gasteiger partial charge in [-0.25, -0.2) is 0 Å². The van der Waals surface area contributed by atoms with Gasteiger partial charge in [-0.15, -0.1) is 11.8 Å². The lowest BCUT2D eigenvalue weighted by Gasteiger charge is -2.34. The molecule has 1 fully saturated rings. The van der Waals surface area contributed by atoms with Crippen LogP contribution < -0.4 is 10.1 Å². The summed E-state index contributed by atoms with van der Waals surface area (Å²) in [6.45, 7) is 4.41. The van der Waals surface area contributed by atoms with Gasteiger partial charge in [-0.1, -0.05) is 6.07 Å². The number of carbonyl (C=O) groups is 1. The van der Waals surface area contributed by atoms with Gasteiger partial charge in [-0.2, -0.15) is 0 Å². The van der Waals surface area contributed by atoms with Crippen LogP contribution in [0, 0.1) is 10.1 Å². The molecule has 0 radical (unpaired) electrons. The first-order valence-corrected chi connectivity index (χ1v) is 8.57. The average molecular weight is 339 g/mol. The van der Waals surface area contributed by atoms with Crippen molar-refractivity contribution in [3.63, 3.8) is 0 Å². The van der Waals surface area contributed by atoms with Crippen LogP contribution in [-0.2, 0) is 10.5 Å². The molecule has 8 heteroatoms. The van der Waals surface area contributed by atoms with Gasteiger partial charge in [0.05, 0.1) is 17.8 Å². The minimum Gasteiger partial charge on any atom is -0.490 e. The predicted molar refractivity (Wildman–Crippen MR) is 89.9 cm³/mol. The van der Waals surface area contributed by atoms with E-state index in [9.17, 15) is 14.9 Å². The minimum atomic E-state index is -0.458. The summed E-state index contributed by atoms with van der Waals surface area (Å²) in [4.78, 5) is 24.7. The van der Waals surface area contributed by atoms with Crippen molar-refractivity contribution in [2.75, 3.05) is 32.5 Å². The van der Waals surface area contributed by atoms with Crippen LogP contribution in [0.2, 0.25) is 0 Å². The van der Waals surface area contributed by atoms with Crippen LogP contribution in [0.25, 0.3) is 0 Å². The van der Waals surface area contributed by atoms with Gasteiger partial charge >= 0.3 is 5.69 Å². The molecular formula is C15H21N3O4S. The van der Waals surface area contributed by atoms with Gasteiger partial charge in [0.2, 0.25) is 5.91 Å². The number of nitrogens with zero attached hydrogens (tertiary/aromatic N) is 2. The molecule has 1 atom stereocenters. The highest BCUT2D eigenvalue weighted by Gasteiger charge is 2.22. The van der Waals surface area contributed by atoms with Gasteiger partial charge in [-0.3, -0.25) is 14.9 Å². The molecule has 1 saturated heterocycles. The first kappa shape index (κ1) is 17.6. The Kier molecular flexibility index (Phi) is 6.23. The van der Waals surface area contributed by atoms with E-state index in [4.69, 9.17) is 4.74 Å². The van der Waals surface area contributed by atoms with Gasteiger partial charge < -0.3 is 15.0 Å². The van der Waals surface area contributed by atoms with E-state index in [1.165, 1.54) is 24.9 Å². The number of hydrogen-bond donors (Lipinski definition) is 1. The Morgan fingerprint density at radius 3 is 3.00 bits per heavy atom. The second-order valence-corrected chi connectivity index (χ2v) is 6.38. The van der Waals surface area contributed by atoms with Crippen LogP contribution >= 0.6 is 11.8 Å². The summed E-state index contributed by atoms with van der Waals surface area (Å²) < 4.78 is 4.98. The number of hydrogen-bond acceptors (Lipinski definition) is 6. The molecule has 2 rings (SSSR count). The molecule has 1 heterocycles. The third-order valence-corrected chi connectivity index (χ3v) is 4.74. The molecule has 0 bridgehead atoms. The molecule has 1 aromatic carbocycles. The highest BCUT2D eigenvalue weighted by Crippen LogP contribution is 2.29. The molecule has 0 saturated carbocycles. The molecule has 1 aliphatic heterocycles. The van der Waals surface area contributed by atoms with Gasteiger partial charge in [-0.05, 0) is 18.6 Å². The van der Waals surface area contributed by atoms with Crippen LogP contribution in [0.5, 0.6) is 5.75 Å². The Morgan fingerprint density at radius 2 is 2.35 bits per heavy atom. The molecule has 126 valence electrons. The molecule has 1 aliphatic rings. The number of amides is 1. The summed E-state index contributed by atoms with van der Waals surface area (Å²) in [5.41, 5.74) is 0.760. The maximum Gasteiger partial charge on any atom is 0.311 e. The van der Waals surface area contributed by atoms with E-state index in [0.717, 1.165) is 25.2 Å². The molecule has 1 amide bonds. The molecule has 0 unspecified atom stereocenters. The van der Waals surface area contributed by atoms with Crippen molar-refractivity contribution in [1.29, 1.82) is 0 Å². The minimum absolute atomic E-state index is 0.0485. The molecule has 7 nitrogen and oxygen atoms in total. The van der Waals surface area contributed by atoms with Crippen LogP contribution in [0.4, 0.5) is 5.69 Å². The molecular weight excluding hydrogens is 318 g/mol. The Bertz CT molecular complexity index is 582. The van der Waals surface area contributed by atoms with Crippen molar-refractivity contribution in [1.82, 2.24) is 10.2 Å². The number of nitro benzene ring substituents is 1. The first-order valence-electron chi connectivity index (χ1n) is 7.42. The molecule has 1 aromatic rings. The predicted octanol–water partition coefficient (Wildman–Crippen LogP) is 1.66. The third-order valence-electron chi connectivity index (χ3n) is 3.76. The van der Waals surface area contributed by atoms with E-state index in [2.05, 4.69) is 5.32 Å². The maximum absolute atomic E-state index is 12.2. The van der Waals surface area contributed by atoms with Gasteiger partial charge in [0.25, 0.3) is 0 Å². The average Bonchev–Trinajstić information content (AvgIpc) is 2.55. The van der Waals surface area contributed by atoms with Crippen molar-refractivity contribution in [3.8, 4) is 5.75 Å². The number of thioether (sulfide) groups is 1. The summed E-state index contributed by atoms with van der Waals surface area (Å²) >= 11 is 1.47. The highest BCUT2D eigenvalue weighted by atomic mass is 32.2. The lowest BCUT2D eigenvalue weighted by atomic mass is 10.2. The monoisotopic (exact) mass is 339 g/mol. The Labute approximate surface area is 139 Å². The zero-order valence-corrected chi connectivity index (χ0v) is 14.1. The standard InChI is InChI=1S/C15H21N3O4S/c1-11-8-16-5-6-17(11)15(19)10-23-9-12-3-4-14(22-2)13(7-12)18(20)21/h3-4,7,11,16H,5-6,8-10H2,1-2H3/t11-/m0/s1. The Balaban J connectivity index is 1.89. The van der Waals surface area contributed by atoms with Crippen molar-refractivity contribution in [3.05, 3.63) is 33.9 Å². The topological polar surface area (TPSA) is 84.7 Å². The van der Waals surface area contributed by atoms with Crippen LogP contribution in [0.15, 0.2) is 18.2 Å². The van der Waals surface area contributed by atoms with Gasteiger partial charge in [0.1, 0.15) is 0 Å². The van der Waals surface area contributed by atoms with Crippen LogP contribution in [0.1, 0.15) is 12.5 Å². The van der Waals surface area contributed by atoms with Crippen LogP contribution in [-0.4, -0.2) is 54.3 Å². The number of ether oxygens (including phenoxy) is 1. The fourth-order valence-electron chi connectivity index (χ4n) is 2.52. The summed E-state index contributed by atoms with van der Waals surface area (Å²) in [5.74, 6) is 1.29. The lowest BCUT2D eigenvalue weighted by molar-refractivity contribution is -0.385. The SMILES string of the molecule is COc1ccc(CSCC(=O)N2CCNC[C@@H]2C)cc1[N+](=O)[O-]. The van der Waals surface area contributed by atoms with Crippen molar-refractivity contribution in [2.45, 2.75) is 18.7 Å². The molecule has 23 heavy (non-hydrogen) atoms. The number of methoxy groups -OCH3 is 1. The zero-order valence-electron chi connectivity index (χ0n) is 13.3. The summed E-state index contributed by atoms with van der Waals surface area (Å²) in [6.07, 6.45) is 0. The van der Waals surface area contributed by atoms with E-state index in [-0.39, 0.29) is 23.4 Å². The lowest BCUT2D eigenvalue weighted by Crippen LogP contribution is -2.52. The van der Waals surface area contributed by atoms with E-state index < -0.39 is 4.92 Å². The van der Waals surface area contributed by atoms with Crippen molar-refractivity contribution in [2.24, 2.45) is 0 Å². The zero-order chi connectivity index (χ0) is 16.8. The fourth-order valence-corrected chi connectivity index (χ4v) is 3.38. The van der Waals surface area contributed by atoms with Crippen molar-refractivity contribution < 1.29 is 14.5 Å². The van der Waals surface area contributed by atoms with E-state index in [1.807, 2.05) is 11.8 Å². The van der Waals surface area contributed by atoms with E-state index in [0.29, 0.717) is 11.5 Å². The Hall–Kier alpha value is -1.80. The van der Waals surface area contributed by atoms with Crippen molar-refractivity contribution >= 4 is 23.4 Å². The number of nitro groups is 1. The van der Waals surface area contributed by atoms with Gasteiger partial charge in [0.15, 0.2) is 5.75 Å². The van der Waals surface area contributed by atoms with E-state index in [1.54, 1.807) is 12.1 Å². The Morgan fingerprint density at radius 1 is 1.57 bits per heavy atom. The smallest absolute Gasteiger partial charge is 0.311 e. The fraction of sp³-hybridized carbons (Fsp3) is 0.533. The molecule has 0 spiro atoms. The first-order chi connectivity index (χ1) is 11.0. The summed E-state index contributed by atoms with van der Waals surface area (Å²) in [7, 11) is 1.41. The highest BCUT2D eigenvalue weighted by molar-refractivity contribution is 7.99. The molecule has 1 N–H and O–H groups in total. The number of rotatable bonds is 6. The number of carbonyl (C=O) groups excluding carboxylic acids is 1. The summed E-state index contributed by atoms with van der Waals surface area (Å²) in [5, 5.41) is 14.3. The largest absolute Gasteiger partial charge is 0.490 e. The second-order valence-electron chi connectivity index (χ2n) is 5.40. The maximum atomic E-state index is 12.2. The van der Waals surface area contributed by atoms with Crippen LogP contribution in [0.3, 0.4) is 0 Å². The molecule has 0 aromatic heterocycles. The number of nitrogens with one attached hydrogen (secondary N) is 1. The van der Waals surface area contributed by atoms with Gasteiger partial charge in [0, 0.05) is 37.5 Å². The number of benzene rings is 1. The third kappa shape index (κ3) is 4.59. The summed E-state index contributed by atoms with van der Waals surface area (Å²) in [6, 6.07) is 5.09. The molecule has 0 aliphatic carbocycles. The quantitative estimate of drug-likeness (QED) is 0.627. The normalized spacial score (nSPS) is 17.8.